The third-order valence-corrected chi connectivity index (χ3v) is 11.5. The minimum Gasteiger partial charge on any atom is -0.316 e. The van der Waals surface area contributed by atoms with E-state index in [1.807, 2.05) is 0 Å². The van der Waals surface area contributed by atoms with Crippen LogP contribution in [0.4, 0.5) is 0 Å². The van der Waals surface area contributed by atoms with Crippen LogP contribution in [0.25, 0.3) is 0 Å². The number of hydrogen-bond acceptors (Lipinski definition) is 2. The van der Waals surface area contributed by atoms with Crippen molar-refractivity contribution in [2.24, 2.45) is 0 Å². The second-order valence-corrected chi connectivity index (χ2v) is 13.9. The summed E-state index contributed by atoms with van der Waals surface area (Å²) >= 11 is 0. The molecule has 0 atom stereocenters. The van der Waals surface area contributed by atoms with Crippen molar-refractivity contribution >= 4 is 28.8 Å². The second kappa shape index (κ2) is 14.2. The SMILES string of the molecule is CN(C)Cc1ccc[c-]1CN(C)C.[Fe+2].c1ccc([Si](c2ccccc2)(c2ccccc2)c2ccc[cH-]2)cc1. The van der Waals surface area contributed by atoms with Gasteiger partial charge in [0, 0.05) is 0 Å². The summed E-state index contributed by atoms with van der Waals surface area (Å²) in [4.78, 5) is 4.41. The van der Waals surface area contributed by atoms with Gasteiger partial charge in [0.1, 0.15) is 0 Å². The first-order valence-electron chi connectivity index (χ1n) is 12.9. The van der Waals surface area contributed by atoms with E-state index >= 15 is 0 Å². The van der Waals surface area contributed by atoms with Crippen molar-refractivity contribution in [3.05, 3.63) is 145 Å². The molecule has 0 saturated carbocycles. The van der Waals surface area contributed by atoms with Crippen molar-refractivity contribution in [3.8, 4) is 0 Å². The normalized spacial score (nSPS) is 11.1. The maximum absolute atomic E-state index is 2.29. The van der Waals surface area contributed by atoms with Crippen LogP contribution in [0, 0.1) is 0 Å². The molecule has 0 aliphatic carbocycles. The molecule has 0 saturated heterocycles. The Kier molecular flexibility index (Phi) is 11.1. The van der Waals surface area contributed by atoms with Gasteiger partial charge >= 0.3 is 17.1 Å². The van der Waals surface area contributed by atoms with Crippen LogP contribution in [0.1, 0.15) is 11.1 Å². The minimum absolute atomic E-state index is 0. The molecule has 0 aliphatic heterocycles. The molecule has 0 bridgehead atoms. The van der Waals surface area contributed by atoms with Crippen molar-refractivity contribution in [2.45, 2.75) is 13.1 Å². The van der Waals surface area contributed by atoms with Crippen LogP contribution in [-0.2, 0) is 30.2 Å². The summed E-state index contributed by atoms with van der Waals surface area (Å²) in [6.45, 7) is 2.08. The molecule has 4 heteroatoms. The standard InChI is InChI=1S/C23H19Si.C11H19N2.Fe/c1-4-12-20(13-5-1)24(23-18-10-11-19-23,21-14-6-2-7-15-21)22-16-8-3-9-17-22;1-12(2)8-10-6-5-7-11(10)9-13(3)4;/h1-19H;5-7H,8-9H2,1-4H3;/q2*-1;+2. The molecule has 38 heavy (non-hydrogen) atoms. The summed E-state index contributed by atoms with van der Waals surface area (Å²) in [7, 11) is 6.17. The summed E-state index contributed by atoms with van der Waals surface area (Å²) in [6.07, 6.45) is 0. The average Bonchev–Trinajstić information content (AvgIpc) is 3.60. The van der Waals surface area contributed by atoms with Gasteiger partial charge in [0.2, 0.25) is 0 Å². The molecule has 5 aromatic rings. The Morgan fingerprint density at radius 3 is 1.50 bits per heavy atom. The molecule has 0 spiro atoms. The fraction of sp³-hybridized carbons (Fsp3) is 0.176. The van der Waals surface area contributed by atoms with Crippen LogP contribution in [-0.4, -0.2) is 46.1 Å². The first-order valence-corrected chi connectivity index (χ1v) is 14.9. The van der Waals surface area contributed by atoms with E-state index in [1.54, 1.807) is 0 Å². The maximum Gasteiger partial charge on any atom is 2.00 e. The third kappa shape index (κ3) is 6.90. The Labute approximate surface area is 240 Å². The van der Waals surface area contributed by atoms with E-state index in [4.69, 9.17) is 0 Å². The average molecular weight is 559 g/mol. The topological polar surface area (TPSA) is 6.48 Å². The molecule has 0 N–H and O–H groups in total. The van der Waals surface area contributed by atoms with Crippen molar-refractivity contribution in [1.29, 1.82) is 0 Å². The van der Waals surface area contributed by atoms with Gasteiger partial charge in [0.15, 0.2) is 8.07 Å². The number of benzene rings is 3. The van der Waals surface area contributed by atoms with E-state index in [0.29, 0.717) is 0 Å². The Hall–Kier alpha value is -2.98. The molecule has 5 rings (SSSR count). The van der Waals surface area contributed by atoms with E-state index in [9.17, 15) is 0 Å². The summed E-state index contributed by atoms with van der Waals surface area (Å²) in [5.74, 6) is 0. The Bertz CT molecular complexity index is 1190. The second-order valence-electron chi connectivity index (χ2n) is 10.1. The third-order valence-electron chi connectivity index (χ3n) is 6.70. The van der Waals surface area contributed by atoms with Crippen LogP contribution in [0.5, 0.6) is 0 Å². The van der Waals surface area contributed by atoms with Crippen molar-refractivity contribution < 1.29 is 17.1 Å². The molecule has 0 aromatic heterocycles. The number of hydrogen-bond donors (Lipinski definition) is 0. The molecule has 0 amide bonds. The minimum atomic E-state index is -2.25. The van der Waals surface area contributed by atoms with E-state index < -0.39 is 8.07 Å². The van der Waals surface area contributed by atoms with Gasteiger partial charge in [0.05, 0.1) is 0 Å². The van der Waals surface area contributed by atoms with Gasteiger partial charge < -0.3 is 9.80 Å². The zero-order chi connectivity index (χ0) is 26.1. The zero-order valence-electron chi connectivity index (χ0n) is 22.9. The van der Waals surface area contributed by atoms with E-state index in [1.165, 1.54) is 31.9 Å². The molecule has 0 unspecified atom stereocenters. The number of nitrogens with zero attached hydrogens (tertiary/aromatic N) is 2. The predicted molar refractivity (Wildman–Crippen MR) is 162 cm³/mol. The summed E-state index contributed by atoms with van der Waals surface area (Å²) < 4.78 is 0. The van der Waals surface area contributed by atoms with Crippen molar-refractivity contribution in [2.75, 3.05) is 28.2 Å². The molecule has 2 nitrogen and oxygen atoms in total. The maximum atomic E-state index is 2.29. The Balaban J connectivity index is 0.000000245. The van der Waals surface area contributed by atoms with Crippen LogP contribution < -0.4 is 20.7 Å². The molecule has 196 valence electrons. The van der Waals surface area contributed by atoms with E-state index in [-0.39, 0.29) is 17.1 Å². The fourth-order valence-electron chi connectivity index (χ4n) is 5.17. The van der Waals surface area contributed by atoms with Gasteiger partial charge in [0.25, 0.3) is 0 Å². The monoisotopic (exact) mass is 558 g/mol. The van der Waals surface area contributed by atoms with Crippen molar-refractivity contribution in [3.63, 3.8) is 0 Å². The molecule has 0 heterocycles. The summed E-state index contributed by atoms with van der Waals surface area (Å²) in [5, 5.41) is 5.71. The predicted octanol–water partition coefficient (Wildman–Crippen LogP) is 4.31. The molecule has 0 aliphatic rings. The molecule has 5 aromatic carbocycles. The van der Waals surface area contributed by atoms with Gasteiger partial charge in [-0.05, 0) is 56.8 Å². The van der Waals surface area contributed by atoms with Gasteiger partial charge in [-0.2, -0.15) is 28.9 Å². The Morgan fingerprint density at radius 2 is 1.11 bits per heavy atom. The largest absolute Gasteiger partial charge is 2.00 e. The van der Waals surface area contributed by atoms with Gasteiger partial charge in [-0.1, -0.05) is 91.0 Å². The van der Waals surface area contributed by atoms with Crippen LogP contribution in [0.15, 0.2) is 133 Å². The van der Waals surface area contributed by atoms with Crippen LogP contribution in [0.3, 0.4) is 0 Å². The first-order chi connectivity index (χ1) is 18.0. The van der Waals surface area contributed by atoms with E-state index in [0.717, 1.165) is 13.1 Å². The number of rotatable bonds is 8. The Morgan fingerprint density at radius 1 is 0.605 bits per heavy atom. The van der Waals surface area contributed by atoms with Crippen LogP contribution in [0.2, 0.25) is 0 Å². The molecular weight excluding hydrogens is 520 g/mol. The summed E-state index contributed by atoms with van der Waals surface area (Å²) in [5.41, 5.74) is 2.89. The van der Waals surface area contributed by atoms with Gasteiger partial charge in [-0.3, -0.25) is 0 Å². The van der Waals surface area contributed by atoms with Crippen LogP contribution >= 0.6 is 0 Å². The zero-order valence-corrected chi connectivity index (χ0v) is 25.0. The van der Waals surface area contributed by atoms with Gasteiger partial charge in [-0.15, -0.1) is 5.56 Å². The first kappa shape index (κ1) is 29.6. The summed E-state index contributed by atoms with van der Waals surface area (Å²) in [6, 6.07) is 48.4. The smallest absolute Gasteiger partial charge is 0.316 e. The quantitative estimate of drug-likeness (QED) is 0.159. The fourth-order valence-corrected chi connectivity index (χ4v) is 9.94. The van der Waals surface area contributed by atoms with Crippen molar-refractivity contribution in [1.82, 2.24) is 9.80 Å². The van der Waals surface area contributed by atoms with E-state index in [2.05, 4.69) is 171 Å². The molecule has 0 radical (unpaired) electrons. The molecular formula is C34H38FeN2Si. The van der Waals surface area contributed by atoms with Gasteiger partial charge in [-0.25, -0.2) is 24.3 Å². The molecule has 0 fully saturated rings.